The van der Waals surface area contributed by atoms with Crippen LogP contribution >= 0.6 is 11.3 Å². The van der Waals surface area contributed by atoms with Crippen molar-refractivity contribution in [1.82, 2.24) is 9.88 Å². The van der Waals surface area contributed by atoms with Gasteiger partial charge in [-0.2, -0.15) is 0 Å². The van der Waals surface area contributed by atoms with E-state index in [9.17, 15) is 4.79 Å². The largest absolute Gasteiger partial charge is 0.349 e. The average molecular weight is 260 g/mol. The van der Waals surface area contributed by atoms with Crippen LogP contribution < -0.4 is 5.32 Å². The minimum absolute atomic E-state index is 0.107. The van der Waals surface area contributed by atoms with E-state index >= 15 is 0 Å². The molecule has 3 rings (SSSR count). The summed E-state index contributed by atoms with van der Waals surface area (Å²) in [6.07, 6.45) is 3.17. The van der Waals surface area contributed by atoms with Gasteiger partial charge in [0.1, 0.15) is 5.00 Å². The summed E-state index contributed by atoms with van der Waals surface area (Å²) in [6.45, 7) is 4.01. The number of fused-ring (bicyclic) bond motifs is 3. The lowest BCUT2D eigenvalue weighted by Crippen LogP contribution is -2.29. The molecule has 4 nitrogen and oxygen atoms in total. The van der Waals surface area contributed by atoms with Crippen LogP contribution in [-0.4, -0.2) is 17.1 Å². The SMILES string of the molecule is C=CCOC1NC(=O)c2ccsc2-n2cccc21. The van der Waals surface area contributed by atoms with Crippen molar-refractivity contribution in [2.45, 2.75) is 6.23 Å². The maximum absolute atomic E-state index is 12.1. The molecule has 0 saturated carbocycles. The summed E-state index contributed by atoms with van der Waals surface area (Å²) < 4.78 is 7.59. The fraction of sp³-hybridized carbons (Fsp3) is 0.154. The van der Waals surface area contributed by atoms with Gasteiger partial charge in [0.25, 0.3) is 5.91 Å². The molecular weight excluding hydrogens is 248 g/mol. The number of rotatable bonds is 3. The van der Waals surface area contributed by atoms with Gasteiger partial charge in [0.2, 0.25) is 0 Å². The number of nitrogens with zero attached hydrogens (tertiary/aromatic N) is 1. The first-order valence-electron chi connectivity index (χ1n) is 5.59. The van der Waals surface area contributed by atoms with Gasteiger partial charge in [-0.25, -0.2) is 0 Å². The fourth-order valence-electron chi connectivity index (χ4n) is 2.02. The highest BCUT2D eigenvalue weighted by Crippen LogP contribution is 2.30. The van der Waals surface area contributed by atoms with Gasteiger partial charge in [-0.3, -0.25) is 4.79 Å². The summed E-state index contributed by atoms with van der Waals surface area (Å²) in [5, 5.41) is 5.72. The highest BCUT2D eigenvalue weighted by atomic mass is 32.1. The minimum Gasteiger partial charge on any atom is -0.349 e. The third kappa shape index (κ3) is 1.68. The van der Waals surface area contributed by atoms with Crippen LogP contribution in [0, 0.1) is 0 Å². The van der Waals surface area contributed by atoms with Gasteiger partial charge in [-0.1, -0.05) is 6.08 Å². The molecule has 2 aromatic heterocycles. The number of hydrogen-bond acceptors (Lipinski definition) is 3. The van der Waals surface area contributed by atoms with Crippen molar-refractivity contribution in [1.29, 1.82) is 0 Å². The van der Waals surface area contributed by atoms with Crippen molar-refractivity contribution in [3.63, 3.8) is 0 Å². The third-order valence-electron chi connectivity index (χ3n) is 2.80. The second-order valence-electron chi connectivity index (χ2n) is 3.92. The summed E-state index contributed by atoms with van der Waals surface area (Å²) >= 11 is 1.54. The van der Waals surface area contributed by atoms with Gasteiger partial charge in [-0.15, -0.1) is 17.9 Å². The third-order valence-corrected chi connectivity index (χ3v) is 3.71. The number of hydrogen-bond donors (Lipinski definition) is 1. The van der Waals surface area contributed by atoms with Gasteiger partial charge in [0.05, 0.1) is 17.9 Å². The number of carbonyl (C=O) groups is 1. The smallest absolute Gasteiger partial charge is 0.256 e. The molecule has 0 spiro atoms. The summed E-state index contributed by atoms with van der Waals surface area (Å²) in [6, 6.07) is 5.72. The molecule has 5 heteroatoms. The molecule has 1 N–H and O–H groups in total. The first-order valence-corrected chi connectivity index (χ1v) is 6.47. The minimum atomic E-state index is -0.440. The molecule has 1 unspecified atom stereocenters. The van der Waals surface area contributed by atoms with E-state index in [-0.39, 0.29) is 5.91 Å². The average Bonchev–Trinajstić information content (AvgIpc) is 2.99. The van der Waals surface area contributed by atoms with Gasteiger partial charge in [0.15, 0.2) is 6.23 Å². The van der Waals surface area contributed by atoms with E-state index in [0.29, 0.717) is 12.2 Å². The molecule has 1 amide bonds. The monoisotopic (exact) mass is 260 g/mol. The van der Waals surface area contributed by atoms with E-state index in [0.717, 1.165) is 10.7 Å². The van der Waals surface area contributed by atoms with Gasteiger partial charge < -0.3 is 14.6 Å². The quantitative estimate of drug-likeness (QED) is 0.862. The first-order chi connectivity index (χ1) is 8.81. The van der Waals surface area contributed by atoms with Crippen LogP contribution in [-0.2, 0) is 4.74 Å². The number of aromatic nitrogens is 1. The predicted molar refractivity (Wildman–Crippen MR) is 70.0 cm³/mol. The summed E-state index contributed by atoms with van der Waals surface area (Å²) in [5.74, 6) is -0.107. The molecule has 1 atom stereocenters. The van der Waals surface area contributed by atoms with Crippen LogP contribution in [0.2, 0.25) is 0 Å². The molecule has 1 aliphatic heterocycles. The maximum atomic E-state index is 12.1. The van der Waals surface area contributed by atoms with Crippen molar-refractivity contribution in [2.24, 2.45) is 0 Å². The van der Waals surface area contributed by atoms with E-state index in [2.05, 4.69) is 11.9 Å². The standard InChI is InChI=1S/C13H12N2O2S/c1-2-7-17-12-10-4-3-6-15(10)13-9(5-8-18-13)11(16)14-12/h2-6,8,12H,1,7H2,(H,14,16). The molecule has 0 aliphatic carbocycles. The van der Waals surface area contributed by atoms with Gasteiger partial charge in [0, 0.05) is 6.20 Å². The predicted octanol–water partition coefficient (Wildman–Crippen LogP) is 2.48. The second kappa shape index (κ2) is 4.44. The molecule has 92 valence electrons. The molecule has 3 heterocycles. The second-order valence-corrected chi connectivity index (χ2v) is 4.81. The lowest BCUT2D eigenvalue weighted by molar-refractivity contribution is 0.0395. The normalized spacial score (nSPS) is 17.6. The molecule has 2 aromatic rings. The molecule has 0 aromatic carbocycles. The van der Waals surface area contributed by atoms with Crippen molar-refractivity contribution in [3.05, 3.63) is 53.7 Å². The zero-order valence-electron chi connectivity index (χ0n) is 9.63. The molecule has 0 fully saturated rings. The molecule has 18 heavy (non-hydrogen) atoms. The van der Waals surface area contributed by atoms with Crippen LogP contribution in [0.3, 0.4) is 0 Å². The van der Waals surface area contributed by atoms with Crippen LogP contribution in [0.25, 0.3) is 5.00 Å². The van der Waals surface area contributed by atoms with Gasteiger partial charge >= 0.3 is 0 Å². The van der Waals surface area contributed by atoms with E-state index in [4.69, 9.17) is 4.74 Å². The van der Waals surface area contributed by atoms with E-state index in [1.807, 2.05) is 34.3 Å². The molecule has 0 bridgehead atoms. The Morgan fingerprint density at radius 2 is 2.44 bits per heavy atom. The highest BCUT2D eigenvalue weighted by Gasteiger charge is 2.27. The summed E-state index contributed by atoms with van der Waals surface area (Å²) in [4.78, 5) is 12.1. The van der Waals surface area contributed by atoms with Crippen LogP contribution in [0.5, 0.6) is 0 Å². The van der Waals surface area contributed by atoms with Crippen molar-refractivity contribution in [3.8, 4) is 5.00 Å². The summed E-state index contributed by atoms with van der Waals surface area (Å²) in [7, 11) is 0. The highest BCUT2D eigenvalue weighted by molar-refractivity contribution is 7.13. The first kappa shape index (κ1) is 11.3. The van der Waals surface area contributed by atoms with Crippen LogP contribution in [0.4, 0.5) is 0 Å². The number of amides is 1. The number of carbonyl (C=O) groups excluding carboxylic acids is 1. The van der Waals surface area contributed by atoms with Crippen molar-refractivity contribution >= 4 is 17.2 Å². The maximum Gasteiger partial charge on any atom is 0.256 e. The molecule has 0 radical (unpaired) electrons. The molecule has 1 aliphatic rings. The fourth-order valence-corrected chi connectivity index (χ4v) is 2.92. The molecular formula is C13H12N2O2S. The van der Waals surface area contributed by atoms with Crippen molar-refractivity contribution < 1.29 is 9.53 Å². The topological polar surface area (TPSA) is 43.3 Å². The zero-order chi connectivity index (χ0) is 12.5. The Labute approximate surface area is 109 Å². The molecule has 0 saturated heterocycles. The number of thiophene rings is 1. The Morgan fingerprint density at radius 3 is 3.28 bits per heavy atom. The van der Waals surface area contributed by atoms with Crippen molar-refractivity contribution in [2.75, 3.05) is 6.61 Å². The Bertz CT molecular complexity index is 600. The Balaban J connectivity index is 2.08. The Hall–Kier alpha value is -1.85. The van der Waals surface area contributed by atoms with Gasteiger partial charge in [-0.05, 0) is 23.6 Å². The number of ether oxygens (including phenoxy) is 1. The van der Waals surface area contributed by atoms with Crippen LogP contribution in [0.1, 0.15) is 22.3 Å². The lowest BCUT2D eigenvalue weighted by atomic mass is 10.3. The van der Waals surface area contributed by atoms with E-state index in [1.54, 1.807) is 17.4 Å². The van der Waals surface area contributed by atoms with E-state index in [1.165, 1.54) is 0 Å². The van der Waals surface area contributed by atoms with Crippen LogP contribution in [0.15, 0.2) is 42.4 Å². The Kier molecular flexibility index (Phi) is 2.77. The van der Waals surface area contributed by atoms with E-state index < -0.39 is 6.23 Å². The Morgan fingerprint density at radius 1 is 1.56 bits per heavy atom. The zero-order valence-corrected chi connectivity index (χ0v) is 10.4. The number of nitrogens with one attached hydrogen (secondary N) is 1. The lowest BCUT2D eigenvalue weighted by Gasteiger charge is -2.16. The summed E-state index contributed by atoms with van der Waals surface area (Å²) in [5.41, 5.74) is 1.61.